The molecular weight excluding hydrogens is 220 g/mol. The lowest BCUT2D eigenvalue weighted by atomic mass is 9.74. The summed E-state index contributed by atoms with van der Waals surface area (Å²) in [5, 5.41) is 0. The first-order valence-electron chi connectivity index (χ1n) is 7.01. The van der Waals surface area contributed by atoms with Crippen LogP contribution in [-0.2, 0) is 6.42 Å². The van der Waals surface area contributed by atoms with E-state index in [1.807, 2.05) is 0 Å². The Labute approximate surface area is 111 Å². The van der Waals surface area contributed by atoms with E-state index in [0.29, 0.717) is 11.6 Å². The molecule has 0 radical (unpaired) electrons. The Morgan fingerprint density at radius 1 is 1.22 bits per heavy atom. The lowest BCUT2D eigenvalue weighted by Crippen LogP contribution is -2.50. The SMILES string of the molecule is Cc1ccccc1CC1(N(C)C)CCC(N)CC1. The van der Waals surface area contributed by atoms with Gasteiger partial charge >= 0.3 is 0 Å². The van der Waals surface area contributed by atoms with Crippen LogP contribution in [0.15, 0.2) is 24.3 Å². The molecular formula is C16H26N2. The maximum atomic E-state index is 6.06. The Kier molecular flexibility index (Phi) is 4.08. The lowest BCUT2D eigenvalue weighted by Gasteiger charge is -2.45. The molecule has 0 atom stereocenters. The first-order valence-corrected chi connectivity index (χ1v) is 7.01. The molecule has 0 saturated heterocycles. The Morgan fingerprint density at radius 2 is 1.83 bits per heavy atom. The van der Waals surface area contributed by atoms with Crippen molar-refractivity contribution in [2.75, 3.05) is 14.1 Å². The number of hydrogen-bond donors (Lipinski definition) is 1. The molecule has 0 bridgehead atoms. The number of nitrogens with two attached hydrogens (primary N) is 1. The minimum atomic E-state index is 0.308. The highest BCUT2D eigenvalue weighted by atomic mass is 15.1. The summed E-state index contributed by atoms with van der Waals surface area (Å²) in [5.74, 6) is 0. The van der Waals surface area contributed by atoms with Crippen molar-refractivity contribution in [3.63, 3.8) is 0 Å². The number of rotatable bonds is 3. The molecule has 1 aromatic carbocycles. The van der Waals surface area contributed by atoms with E-state index in [-0.39, 0.29) is 0 Å². The maximum Gasteiger partial charge on any atom is 0.0245 e. The zero-order valence-electron chi connectivity index (χ0n) is 11.9. The van der Waals surface area contributed by atoms with E-state index in [9.17, 15) is 0 Å². The smallest absolute Gasteiger partial charge is 0.0245 e. The van der Waals surface area contributed by atoms with Crippen LogP contribution in [0, 0.1) is 6.92 Å². The summed E-state index contributed by atoms with van der Waals surface area (Å²) in [4.78, 5) is 2.42. The molecule has 0 aromatic heterocycles. The van der Waals surface area contributed by atoms with Gasteiger partial charge in [-0.25, -0.2) is 0 Å². The van der Waals surface area contributed by atoms with Gasteiger partial charge in [0.1, 0.15) is 0 Å². The molecule has 2 rings (SSSR count). The van der Waals surface area contributed by atoms with Gasteiger partial charge in [-0.1, -0.05) is 24.3 Å². The lowest BCUT2D eigenvalue weighted by molar-refractivity contribution is 0.0933. The van der Waals surface area contributed by atoms with Crippen molar-refractivity contribution in [2.24, 2.45) is 5.73 Å². The molecule has 1 aliphatic rings. The summed E-state index contributed by atoms with van der Waals surface area (Å²) in [6.07, 6.45) is 5.90. The molecule has 100 valence electrons. The van der Waals surface area contributed by atoms with Crippen LogP contribution >= 0.6 is 0 Å². The van der Waals surface area contributed by atoms with Crippen LogP contribution in [0.1, 0.15) is 36.8 Å². The highest BCUT2D eigenvalue weighted by molar-refractivity contribution is 5.27. The van der Waals surface area contributed by atoms with Gasteiger partial charge in [-0.2, -0.15) is 0 Å². The Hall–Kier alpha value is -0.860. The van der Waals surface area contributed by atoms with Gasteiger partial charge < -0.3 is 10.6 Å². The number of nitrogens with zero attached hydrogens (tertiary/aromatic N) is 1. The monoisotopic (exact) mass is 246 g/mol. The van der Waals surface area contributed by atoms with Gasteiger partial charge in [0.15, 0.2) is 0 Å². The maximum absolute atomic E-state index is 6.06. The van der Waals surface area contributed by atoms with Gasteiger partial charge in [0.2, 0.25) is 0 Å². The zero-order chi connectivity index (χ0) is 13.2. The van der Waals surface area contributed by atoms with Crippen molar-refractivity contribution in [1.82, 2.24) is 4.90 Å². The minimum Gasteiger partial charge on any atom is -0.328 e. The molecule has 0 amide bonds. The van der Waals surface area contributed by atoms with Crippen molar-refractivity contribution in [3.8, 4) is 0 Å². The van der Waals surface area contributed by atoms with Crippen molar-refractivity contribution in [3.05, 3.63) is 35.4 Å². The number of aryl methyl sites for hydroxylation is 1. The zero-order valence-corrected chi connectivity index (χ0v) is 11.9. The number of likely N-dealkylation sites (N-methyl/N-ethyl adjacent to an activating group) is 1. The van der Waals surface area contributed by atoms with Gasteiger partial charge in [-0.15, -0.1) is 0 Å². The van der Waals surface area contributed by atoms with E-state index < -0.39 is 0 Å². The Balaban J connectivity index is 2.19. The topological polar surface area (TPSA) is 29.3 Å². The van der Waals surface area contributed by atoms with Crippen molar-refractivity contribution in [2.45, 2.75) is 50.6 Å². The summed E-state index contributed by atoms with van der Waals surface area (Å²) in [5.41, 5.74) is 9.27. The molecule has 18 heavy (non-hydrogen) atoms. The summed E-state index contributed by atoms with van der Waals surface area (Å²) < 4.78 is 0. The first-order chi connectivity index (χ1) is 8.53. The fourth-order valence-electron chi connectivity index (χ4n) is 3.12. The first kappa shape index (κ1) is 13.6. The van der Waals surface area contributed by atoms with E-state index in [1.165, 1.54) is 24.0 Å². The third-order valence-corrected chi connectivity index (χ3v) is 4.69. The Morgan fingerprint density at radius 3 is 2.39 bits per heavy atom. The van der Waals surface area contributed by atoms with Gasteiger partial charge in [-0.3, -0.25) is 0 Å². The quantitative estimate of drug-likeness (QED) is 0.888. The molecule has 2 heteroatoms. The van der Waals surface area contributed by atoms with Gasteiger partial charge in [0.05, 0.1) is 0 Å². The fraction of sp³-hybridized carbons (Fsp3) is 0.625. The highest BCUT2D eigenvalue weighted by Crippen LogP contribution is 2.35. The third kappa shape index (κ3) is 2.76. The number of benzene rings is 1. The summed E-state index contributed by atoms with van der Waals surface area (Å²) in [7, 11) is 4.43. The van der Waals surface area contributed by atoms with Crippen LogP contribution in [0.25, 0.3) is 0 Å². The van der Waals surface area contributed by atoms with E-state index in [4.69, 9.17) is 5.73 Å². The Bertz CT molecular complexity index is 390. The van der Waals surface area contributed by atoms with Gasteiger partial charge in [-0.05, 0) is 64.3 Å². The van der Waals surface area contributed by atoms with Crippen LogP contribution in [0.2, 0.25) is 0 Å². The van der Waals surface area contributed by atoms with Crippen molar-refractivity contribution >= 4 is 0 Å². The molecule has 1 aromatic rings. The summed E-state index contributed by atoms with van der Waals surface area (Å²) in [6, 6.07) is 9.18. The predicted octanol–water partition coefficient (Wildman–Crippen LogP) is 2.74. The van der Waals surface area contributed by atoms with Crippen molar-refractivity contribution in [1.29, 1.82) is 0 Å². The summed E-state index contributed by atoms with van der Waals surface area (Å²) in [6.45, 7) is 2.22. The van der Waals surface area contributed by atoms with Crippen LogP contribution in [0.3, 0.4) is 0 Å². The van der Waals surface area contributed by atoms with E-state index in [2.05, 4.69) is 50.2 Å². The molecule has 2 N–H and O–H groups in total. The average Bonchev–Trinajstić information content (AvgIpc) is 2.35. The van der Waals surface area contributed by atoms with E-state index in [0.717, 1.165) is 19.3 Å². The second kappa shape index (κ2) is 5.41. The molecule has 0 aliphatic heterocycles. The standard InChI is InChI=1S/C16H26N2/c1-13-6-4-5-7-14(13)12-16(18(2)3)10-8-15(17)9-11-16/h4-7,15H,8-12,17H2,1-3H3. The normalized spacial score (nSPS) is 28.6. The van der Waals surface area contributed by atoms with E-state index >= 15 is 0 Å². The molecule has 1 fully saturated rings. The van der Waals surface area contributed by atoms with Gasteiger partial charge in [0.25, 0.3) is 0 Å². The van der Waals surface area contributed by atoms with E-state index in [1.54, 1.807) is 0 Å². The molecule has 0 spiro atoms. The van der Waals surface area contributed by atoms with Crippen LogP contribution in [0.4, 0.5) is 0 Å². The second-order valence-electron chi connectivity index (χ2n) is 6.06. The van der Waals surface area contributed by atoms with Crippen LogP contribution in [-0.4, -0.2) is 30.6 Å². The van der Waals surface area contributed by atoms with Crippen molar-refractivity contribution < 1.29 is 0 Å². The average molecular weight is 246 g/mol. The van der Waals surface area contributed by atoms with Crippen LogP contribution < -0.4 is 5.73 Å². The molecule has 1 aliphatic carbocycles. The highest BCUT2D eigenvalue weighted by Gasteiger charge is 2.36. The third-order valence-electron chi connectivity index (χ3n) is 4.69. The second-order valence-corrected chi connectivity index (χ2v) is 6.06. The largest absolute Gasteiger partial charge is 0.328 e. The molecule has 2 nitrogen and oxygen atoms in total. The van der Waals surface area contributed by atoms with Gasteiger partial charge in [0, 0.05) is 11.6 Å². The fourth-order valence-corrected chi connectivity index (χ4v) is 3.12. The molecule has 0 unspecified atom stereocenters. The predicted molar refractivity (Wildman–Crippen MR) is 77.7 cm³/mol. The summed E-state index contributed by atoms with van der Waals surface area (Å²) >= 11 is 0. The molecule has 1 saturated carbocycles. The minimum absolute atomic E-state index is 0.308. The molecule has 0 heterocycles. The number of hydrogen-bond acceptors (Lipinski definition) is 2. The van der Waals surface area contributed by atoms with Crippen LogP contribution in [0.5, 0.6) is 0 Å².